The molecule has 94 valence electrons. The first-order valence-corrected chi connectivity index (χ1v) is 4.85. The predicted molar refractivity (Wildman–Crippen MR) is 40.1 cm³/mol. The van der Waals surface area contributed by atoms with Gasteiger partial charge >= 0.3 is 22.5 Å². The average Bonchev–Trinajstić information content (AvgIpc) is 1.79. The van der Waals surface area contributed by atoms with Gasteiger partial charge in [-0.25, -0.2) is 0 Å². The summed E-state index contributed by atoms with van der Waals surface area (Å²) in [7, 11) is -4.67. The number of halogens is 5. The van der Waals surface area contributed by atoms with E-state index in [2.05, 4.69) is 0 Å². The van der Waals surface area contributed by atoms with Crippen molar-refractivity contribution in [2.75, 3.05) is 0 Å². The van der Waals surface area contributed by atoms with Gasteiger partial charge in [0.25, 0.3) is 0 Å². The van der Waals surface area contributed by atoms with Gasteiger partial charge in [-0.05, 0) is 0 Å². The van der Waals surface area contributed by atoms with E-state index in [9.17, 15) is 22.0 Å². The van der Waals surface area contributed by atoms with Gasteiger partial charge in [-0.3, -0.25) is 9.11 Å². The Kier molecular flexibility index (Phi) is 6.28. The normalized spacial score (nSPS) is 13.1. The second-order valence-electron chi connectivity index (χ2n) is 2.40. The Hall–Kier alpha value is -0.480. The molecule has 15 heavy (non-hydrogen) atoms. The summed E-state index contributed by atoms with van der Waals surface area (Å²) in [6, 6.07) is 0. The fraction of sp³-hybridized carbons (Fsp3) is 1.00. The molecule has 0 aromatic heterocycles. The first-order chi connectivity index (χ1) is 6.31. The fourth-order valence-electron chi connectivity index (χ4n) is 0.456. The molecule has 2 N–H and O–H groups in total. The molecule has 0 aromatic carbocycles. The lowest BCUT2D eigenvalue weighted by Gasteiger charge is -2.18. The molecule has 0 aliphatic heterocycles. The molecule has 0 heterocycles. The van der Waals surface area contributed by atoms with Gasteiger partial charge in [0.1, 0.15) is 0 Å². The molecule has 0 saturated carbocycles. The summed E-state index contributed by atoms with van der Waals surface area (Å²) in [4.78, 5) is 0. The van der Waals surface area contributed by atoms with Crippen LogP contribution in [0.2, 0.25) is 0 Å². The van der Waals surface area contributed by atoms with E-state index in [4.69, 9.17) is 17.5 Å². The molecule has 0 aliphatic carbocycles. The quantitative estimate of drug-likeness (QED) is 0.590. The lowest BCUT2D eigenvalue weighted by Crippen LogP contribution is -2.35. The smallest absolute Gasteiger partial charge is 0.264 e. The van der Waals surface area contributed by atoms with Crippen molar-refractivity contribution >= 4 is 10.4 Å². The Labute approximate surface area is 82.7 Å². The van der Waals surface area contributed by atoms with Gasteiger partial charge in [-0.15, -0.1) is 0 Å². The zero-order valence-electron chi connectivity index (χ0n) is 7.42. The van der Waals surface area contributed by atoms with Gasteiger partial charge in [0.2, 0.25) is 0 Å². The second-order valence-corrected chi connectivity index (χ2v) is 3.30. The molecule has 0 amide bonds. The summed E-state index contributed by atoms with van der Waals surface area (Å²) in [6.07, 6.45) is -6.69. The predicted octanol–water partition coefficient (Wildman–Crippen LogP) is 2.33. The SMILES string of the molecule is CCCC(F)(F)C(F)(F)F.O=S(=O)(O)O. The van der Waals surface area contributed by atoms with Crippen molar-refractivity contribution in [1.29, 1.82) is 0 Å². The van der Waals surface area contributed by atoms with E-state index >= 15 is 0 Å². The molecular weight excluding hydrogens is 251 g/mol. The molecule has 10 heteroatoms. The number of hydrogen-bond acceptors (Lipinski definition) is 2. The van der Waals surface area contributed by atoms with Gasteiger partial charge in [0.05, 0.1) is 0 Å². The summed E-state index contributed by atoms with van der Waals surface area (Å²) in [5, 5.41) is 0. The van der Waals surface area contributed by atoms with Crippen LogP contribution in [0.5, 0.6) is 0 Å². The lowest BCUT2D eigenvalue weighted by molar-refractivity contribution is -0.284. The maximum absolute atomic E-state index is 11.8. The summed E-state index contributed by atoms with van der Waals surface area (Å²) < 4.78 is 89.0. The highest BCUT2D eigenvalue weighted by atomic mass is 32.3. The summed E-state index contributed by atoms with van der Waals surface area (Å²) in [5.74, 6) is -4.51. The van der Waals surface area contributed by atoms with E-state index < -0.39 is 28.9 Å². The number of alkyl halides is 5. The van der Waals surface area contributed by atoms with Crippen LogP contribution < -0.4 is 0 Å². The van der Waals surface area contributed by atoms with Crippen LogP contribution in [-0.2, 0) is 10.4 Å². The zero-order chi connectivity index (χ0) is 12.9. The van der Waals surface area contributed by atoms with Gasteiger partial charge in [-0.1, -0.05) is 13.3 Å². The molecule has 0 spiro atoms. The second kappa shape index (κ2) is 5.56. The first kappa shape index (κ1) is 16.9. The van der Waals surface area contributed by atoms with Crippen molar-refractivity contribution in [1.82, 2.24) is 0 Å². The van der Waals surface area contributed by atoms with E-state index in [1.807, 2.05) is 0 Å². The van der Waals surface area contributed by atoms with Crippen LogP contribution in [0.15, 0.2) is 0 Å². The van der Waals surface area contributed by atoms with Crippen molar-refractivity contribution < 1.29 is 39.5 Å². The van der Waals surface area contributed by atoms with Crippen LogP contribution in [0.4, 0.5) is 22.0 Å². The van der Waals surface area contributed by atoms with E-state index in [0.29, 0.717) is 0 Å². The summed E-state index contributed by atoms with van der Waals surface area (Å²) >= 11 is 0. The van der Waals surface area contributed by atoms with Crippen molar-refractivity contribution in [3.05, 3.63) is 0 Å². The molecule has 0 rings (SSSR count). The number of hydrogen-bond donors (Lipinski definition) is 2. The van der Waals surface area contributed by atoms with Crippen LogP contribution >= 0.6 is 0 Å². The first-order valence-electron chi connectivity index (χ1n) is 3.45. The van der Waals surface area contributed by atoms with Gasteiger partial charge < -0.3 is 0 Å². The van der Waals surface area contributed by atoms with Crippen molar-refractivity contribution in [2.24, 2.45) is 0 Å². The molecule has 0 aliphatic rings. The molecule has 4 nitrogen and oxygen atoms in total. The van der Waals surface area contributed by atoms with E-state index in [1.54, 1.807) is 0 Å². The van der Waals surface area contributed by atoms with Gasteiger partial charge in [0, 0.05) is 6.42 Å². The highest BCUT2D eigenvalue weighted by molar-refractivity contribution is 7.79. The van der Waals surface area contributed by atoms with Crippen molar-refractivity contribution in [3.8, 4) is 0 Å². The van der Waals surface area contributed by atoms with Crippen LogP contribution in [0.3, 0.4) is 0 Å². The van der Waals surface area contributed by atoms with Crippen LogP contribution in [-0.4, -0.2) is 29.6 Å². The average molecular weight is 260 g/mol. The van der Waals surface area contributed by atoms with Crippen LogP contribution in [0.1, 0.15) is 19.8 Å². The Bertz CT molecular complexity index is 262. The number of rotatable bonds is 2. The molecule has 0 saturated heterocycles. The zero-order valence-corrected chi connectivity index (χ0v) is 8.24. The monoisotopic (exact) mass is 260 g/mol. The topological polar surface area (TPSA) is 74.6 Å². The molecule has 0 atom stereocenters. The highest BCUT2D eigenvalue weighted by Gasteiger charge is 2.56. The third-order valence-corrected chi connectivity index (χ3v) is 0.979. The Balaban J connectivity index is 0. The third-order valence-electron chi connectivity index (χ3n) is 0.979. The lowest BCUT2D eigenvalue weighted by atomic mass is 10.2. The maximum Gasteiger partial charge on any atom is 0.453 e. The van der Waals surface area contributed by atoms with Gasteiger partial charge in [-0.2, -0.15) is 30.4 Å². The minimum atomic E-state index is -5.39. The molecule has 0 bridgehead atoms. The summed E-state index contributed by atoms with van der Waals surface area (Å²) in [5.41, 5.74) is 0. The Morgan fingerprint density at radius 2 is 1.33 bits per heavy atom. The standard InChI is InChI=1S/C5H7F5.H2O4S/c1-2-3-4(6,7)5(8,9)10;1-5(2,3)4/h2-3H2,1H3;(H2,1,2,3,4). The molecule has 0 unspecified atom stereocenters. The molecular formula is C5H9F5O4S. The highest BCUT2D eigenvalue weighted by Crippen LogP contribution is 2.38. The Morgan fingerprint density at radius 3 is 1.40 bits per heavy atom. The minimum Gasteiger partial charge on any atom is -0.264 e. The van der Waals surface area contributed by atoms with Crippen molar-refractivity contribution in [2.45, 2.75) is 31.9 Å². The fourth-order valence-corrected chi connectivity index (χ4v) is 0.456. The van der Waals surface area contributed by atoms with E-state index in [1.165, 1.54) is 6.92 Å². The minimum absolute atomic E-state index is 0.174. The Morgan fingerprint density at radius 1 is 1.07 bits per heavy atom. The molecule has 0 fully saturated rings. The maximum atomic E-state index is 11.8. The van der Waals surface area contributed by atoms with Gasteiger partial charge in [0.15, 0.2) is 0 Å². The van der Waals surface area contributed by atoms with Crippen molar-refractivity contribution in [3.63, 3.8) is 0 Å². The van der Waals surface area contributed by atoms with E-state index in [0.717, 1.165) is 0 Å². The third kappa shape index (κ3) is 11.4. The summed E-state index contributed by atoms with van der Waals surface area (Å²) in [6.45, 7) is 1.28. The molecule has 0 radical (unpaired) electrons. The van der Waals surface area contributed by atoms with E-state index in [-0.39, 0.29) is 6.42 Å². The van der Waals surface area contributed by atoms with Crippen LogP contribution in [0, 0.1) is 0 Å². The molecule has 0 aromatic rings. The largest absolute Gasteiger partial charge is 0.453 e. The van der Waals surface area contributed by atoms with Crippen LogP contribution in [0.25, 0.3) is 0 Å².